The fourth-order valence-electron chi connectivity index (χ4n) is 8.45. The molecule has 8 heteroatoms. The Morgan fingerprint density at radius 2 is 0.769 bits per heavy atom. The maximum absolute atomic E-state index is 14.6. The van der Waals surface area contributed by atoms with Crippen LogP contribution in [0.1, 0.15) is 41.5 Å². The first-order valence-corrected chi connectivity index (χ1v) is 17.9. The Balaban J connectivity index is 0.000000574. The minimum Gasteiger partial charge on any atom is -0.289 e. The number of para-hydroxylation sites is 4. The lowest BCUT2D eigenvalue weighted by molar-refractivity contribution is 1.19. The van der Waals surface area contributed by atoms with Crippen LogP contribution in [-0.4, -0.2) is 18.8 Å². The summed E-state index contributed by atoms with van der Waals surface area (Å²) >= 11 is 0. The summed E-state index contributed by atoms with van der Waals surface area (Å²) in [5.74, 6) is 0. The zero-order valence-electron chi connectivity index (χ0n) is 29.5. The van der Waals surface area contributed by atoms with Gasteiger partial charge in [0.05, 0.1) is 22.1 Å². The maximum atomic E-state index is 14.6. The molecule has 252 valence electrons. The van der Waals surface area contributed by atoms with Crippen LogP contribution in [-0.2, 0) is 0 Å². The number of hydrogen-bond acceptors (Lipinski definition) is 6. The number of pyridine rings is 2. The van der Waals surface area contributed by atoms with Gasteiger partial charge >= 0.3 is 0 Å². The van der Waals surface area contributed by atoms with Gasteiger partial charge in [-0.2, -0.15) is 0 Å². The number of rotatable bonds is 0. The van der Waals surface area contributed by atoms with Crippen molar-refractivity contribution in [2.24, 2.45) is 0 Å². The van der Waals surface area contributed by atoms with E-state index in [1.54, 1.807) is 33.1 Å². The Morgan fingerprint density at radius 3 is 1.31 bits per heavy atom. The lowest BCUT2D eigenvalue weighted by atomic mass is 9.83. The van der Waals surface area contributed by atoms with Crippen molar-refractivity contribution in [3.63, 3.8) is 0 Å². The van der Waals surface area contributed by atoms with Crippen LogP contribution in [0.5, 0.6) is 0 Å². The Kier molecular flexibility index (Phi) is 6.64. The fourth-order valence-corrected chi connectivity index (χ4v) is 8.45. The van der Waals surface area contributed by atoms with E-state index in [2.05, 4.69) is 0 Å². The summed E-state index contributed by atoms with van der Waals surface area (Å²) in [6.45, 7) is 12.0. The van der Waals surface area contributed by atoms with E-state index in [-0.39, 0.29) is 22.0 Å². The zero-order chi connectivity index (χ0) is 36.3. The van der Waals surface area contributed by atoms with Crippen molar-refractivity contribution in [3.8, 4) is 0 Å². The Hall–Kier alpha value is -6.54. The molecule has 0 aliphatic heterocycles. The van der Waals surface area contributed by atoms with Gasteiger partial charge in [-0.25, -0.2) is 9.97 Å². The van der Waals surface area contributed by atoms with Crippen LogP contribution in [0.15, 0.2) is 104 Å². The first-order chi connectivity index (χ1) is 25.5. The molecule has 0 amide bonds. The third-order valence-corrected chi connectivity index (χ3v) is 10.3. The van der Waals surface area contributed by atoms with Crippen molar-refractivity contribution in [1.82, 2.24) is 18.8 Å². The zero-order valence-corrected chi connectivity index (χ0v) is 29.5. The second-order valence-corrected chi connectivity index (χ2v) is 12.3. The molecule has 4 heterocycles. The number of nitrogens with zero attached hydrogens (tertiary/aromatic N) is 4. The molecule has 4 aromatic heterocycles. The standard InChI is InChI=1S/C38H14N4O4.3C2H6/c43-33-15-9-11-17-27-22(38(46)41-25-7-3-1-5-23(25)39-35(17)41)14-20-32(29(15)27)31-19(33)13-21-28-18(12-10-16(30(28)31)34(20)44)37(45)42-26-8-4-2-6-24(26)40-36(21)42;3*1-2/h1-14H;3*1-2H3. The summed E-state index contributed by atoms with van der Waals surface area (Å²) in [4.78, 5) is 67.1. The molecule has 0 atom stereocenters. The molecule has 12 rings (SSSR count). The van der Waals surface area contributed by atoms with Crippen molar-refractivity contribution in [1.29, 1.82) is 0 Å². The van der Waals surface area contributed by atoms with Gasteiger partial charge < -0.3 is 0 Å². The summed E-state index contributed by atoms with van der Waals surface area (Å²) in [5, 5.41) is 7.54. The third kappa shape index (κ3) is 3.51. The third-order valence-electron chi connectivity index (χ3n) is 10.3. The molecular weight excluding hydrogens is 649 g/mol. The van der Waals surface area contributed by atoms with Gasteiger partial charge in [-0.1, -0.05) is 65.8 Å². The van der Waals surface area contributed by atoms with Gasteiger partial charge in [0, 0.05) is 75.4 Å². The molecule has 0 saturated carbocycles. The summed E-state index contributed by atoms with van der Waals surface area (Å²) in [6.07, 6.45) is 0. The number of aromatic nitrogens is 4. The van der Waals surface area contributed by atoms with Gasteiger partial charge in [0.2, 0.25) is 0 Å². The van der Waals surface area contributed by atoms with Crippen LogP contribution in [0.2, 0.25) is 0 Å². The molecule has 0 aliphatic carbocycles. The van der Waals surface area contributed by atoms with Gasteiger partial charge in [0.1, 0.15) is 11.3 Å². The molecule has 12 aromatic rings. The molecule has 0 unspecified atom stereocenters. The maximum Gasteiger partial charge on any atom is 0.264 e. The molecule has 8 aromatic carbocycles. The average Bonchev–Trinajstić information content (AvgIpc) is 3.79. The minimum absolute atomic E-state index is 0.202. The van der Waals surface area contributed by atoms with Gasteiger partial charge in [-0.3, -0.25) is 28.0 Å². The van der Waals surface area contributed by atoms with E-state index in [1.165, 1.54) is 0 Å². The normalized spacial score (nSPS) is 12.0. The molecule has 8 nitrogen and oxygen atoms in total. The van der Waals surface area contributed by atoms with Crippen molar-refractivity contribution >= 4 is 109 Å². The molecule has 0 N–H and O–H groups in total. The highest BCUT2D eigenvalue weighted by Gasteiger charge is 2.28. The molecule has 0 spiro atoms. The largest absolute Gasteiger partial charge is 0.289 e. The van der Waals surface area contributed by atoms with E-state index in [0.29, 0.717) is 103 Å². The van der Waals surface area contributed by atoms with Gasteiger partial charge in [0.25, 0.3) is 11.1 Å². The second kappa shape index (κ2) is 11.0. The molecule has 52 heavy (non-hydrogen) atoms. The summed E-state index contributed by atoms with van der Waals surface area (Å²) in [6, 6.07) is 25.5. The second-order valence-electron chi connectivity index (χ2n) is 12.3. The highest BCUT2D eigenvalue weighted by Crippen LogP contribution is 2.45. The van der Waals surface area contributed by atoms with Crippen LogP contribution in [0.3, 0.4) is 0 Å². The van der Waals surface area contributed by atoms with E-state index in [4.69, 9.17) is 9.97 Å². The van der Waals surface area contributed by atoms with Gasteiger partial charge in [-0.05, 0) is 60.7 Å². The lowest BCUT2D eigenvalue weighted by Crippen LogP contribution is -2.17. The predicted molar refractivity (Wildman–Crippen MR) is 217 cm³/mol. The van der Waals surface area contributed by atoms with Crippen LogP contribution in [0, 0.1) is 0 Å². The number of hydrogen-bond donors (Lipinski definition) is 0. The average molecular weight is 681 g/mol. The topological polar surface area (TPSA) is 103 Å². The Bertz CT molecular complexity index is 3600. The fraction of sp³-hybridized carbons (Fsp3) is 0.136. The lowest BCUT2D eigenvalue weighted by Gasteiger charge is -2.19. The minimum atomic E-state index is -0.289. The van der Waals surface area contributed by atoms with Crippen LogP contribution < -0.4 is 22.0 Å². The van der Waals surface area contributed by atoms with E-state index in [0.717, 1.165) is 5.39 Å². The summed E-state index contributed by atoms with van der Waals surface area (Å²) in [7, 11) is 0. The molecule has 0 saturated heterocycles. The highest BCUT2D eigenvalue weighted by molar-refractivity contribution is 6.43. The first kappa shape index (κ1) is 31.4. The predicted octanol–water partition coefficient (Wildman–Crippen LogP) is 9.07. The number of fused-ring (bicyclic) bond motifs is 8. The van der Waals surface area contributed by atoms with E-state index >= 15 is 0 Å². The smallest absolute Gasteiger partial charge is 0.264 e. The van der Waals surface area contributed by atoms with Gasteiger partial charge in [0.15, 0.2) is 10.9 Å². The van der Waals surface area contributed by atoms with Crippen LogP contribution in [0.4, 0.5) is 0 Å². The van der Waals surface area contributed by atoms with Crippen molar-refractivity contribution in [3.05, 3.63) is 126 Å². The molecular formula is C44H32N4O4. The van der Waals surface area contributed by atoms with Crippen molar-refractivity contribution < 1.29 is 0 Å². The Labute approximate surface area is 294 Å². The van der Waals surface area contributed by atoms with Crippen molar-refractivity contribution in [2.45, 2.75) is 41.5 Å². The van der Waals surface area contributed by atoms with Crippen molar-refractivity contribution in [2.75, 3.05) is 0 Å². The van der Waals surface area contributed by atoms with E-state index in [9.17, 15) is 19.2 Å². The van der Waals surface area contributed by atoms with Crippen LogP contribution in [0.25, 0.3) is 109 Å². The molecule has 0 radical (unpaired) electrons. The molecule has 0 fully saturated rings. The van der Waals surface area contributed by atoms with Gasteiger partial charge in [-0.15, -0.1) is 0 Å². The highest BCUT2D eigenvalue weighted by atomic mass is 16.1. The quantitative estimate of drug-likeness (QED) is 0.117. The monoisotopic (exact) mass is 680 g/mol. The van der Waals surface area contributed by atoms with Crippen LogP contribution >= 0.6 is 0 Å². The first-order valence-electron chi connectivity index (χ1n) is 17.9. The summed E-state index contributed by atoms with van der Waals surface area (Å²) < 4.78 is 3.20. The van der Waals surface area contributed by atoms with E-state index < -0.39 is 0 Å². The molecule has 0 bridgehead atoms. The number of benzene rings is 8. The van der Waals surface area contributed by atoms with E-state index in [1.807, 2.05) is 102 Å². The molecule has 0 aliphatic rings. The SMILES string of the molecule is CC.CC.CC.O=c1c2ccc3c(=O)n4c5ccccc5nc4c4cc5c(=O)c6ccc7c8c(cc1c(c68)c5c2c34)c(=O)n1c2ccccc2nc71. The summed E-state index contributed by atoms with van der Waals surface area (Å²) in [5.41, 5.74) is 2.70. The Morgan fingerprint density at radius 1 is 0.385 bits per heavy atom. The number of imidazole rings is 2.